The van der Waals surface area contributed by atoms with Gasteiger partial charge < -0.3 is 15.0 Å². The highest BCUT2D eigenvalue weighted by atomic mass is 16.5. The van der Waals surface area contributed by atoms with Crippen LogP contribution >= 0.6 is 0 Å². The molecule has 0 spiro atoms. The average Bonchev–Trinajstić information content (AvgIpc) is 2.69. The Hall–Kier alpha value is -2.89. The number of piperidine rings is 1. The first-order valence-corrected chi connectivity index (χ1v) is 8.98. The second-order valence-electron chi connectivity index (χ2n) is 6.12. The van der Waals surface area contributed by atoms with Crippen LogP contribution in [0.15, 0.2) is 48.8 Å². The lowest BCUT2D eigenvalue weighted by molar-refractivity contribution is -0.117. The highest BCUT2D eigenvalue weighted by Crippen LogP contribution is 2.19. The SMILES string of the molecule is CCOc1ccccc1/C=C/C(=O)NC1CCN(c2ncccn2)CC1. The third-order valence-corrected chi connectivity index (χ3v) is 4.31. The monoisotopic (exact) mass is 352 g/mol. The van der Waals surface area contributed by atoms with Crippen molar-refractivity contribution in [2.45, 2.75) is 25.8 Å². The Kier molecular flexibility index (Phi) is 6.19. The number of nitrogens with zero attached hydrogens (tertiary/aromatic N) is 3. The van der Waals surface area contributed by atoms with Crippen molar-refractivity contribution in [2.24, 2.45) is 0 Å². The molecular weight excluding hydrogens is 328 g/mol. The molecule has 26 heavy (non-hydrogen) atoms. The fourth-order valence-electron chi connectivity index (χ4n) is 3.00. The van der Waals surface area contributed by atoms with E-state index >= 15 is 0 Å². The van der Waals surface area contributed by atoms with Gasteiger partial charge in [0, 0.05) is 43.2 Å². The molecule has 0 unspecified atom stereocenters. The summed E-state index contributed by atoms with van der Waals surface area (Å²) in [6.07, 6.45) is 8.64. The zero-order valence-corrected chi connectivity index (χ0v) is 15.0. The fraction of sp³-hybridized carbons (Fsp3) is 0.350. The van der Waals surface area contributed by atoms with Crippen LogP contribution in [0.3, 0.4) is 0 Å². The number of rotatable bonds is 6. The standard InChI is InChI=1S/C20H24N4O2/c1-2-26-18-7-4-3-6-16(18)8-9-19(25)23-17-10-14-24(15-11-17)20-21-12-5-13-22-20/h3-9,12-13,17H,2,10-11,14-15H2,1H3,(H,23,25)/b9-8+. The smallest absolute Gasteiger partial charge is 0.244 e. The zero-order chi connectivity index (χ0) is 18.2. The molecular formula is C20H24N4O2. The summed E-state index contributed by atoms with van der Waals surface area (Å²) in [6, 6.07) is 9.69. The Balaban J connectivity index is 1.50. The quantitative estimate of drug-likeness (QED) is 0.810. The van der Waals surface area contributed by atoms with E-state index in [0.29, 0.717) is 6.61 Å². The lowest BCUT2D eigenvalue weighted by atomic mass is 10.1. The maximum absolute atomic E-state index is 12.2. The van der Waals surface area contributed by atoms with Gasteiger partial charge in [-0.05, 0) is 38.0 Å². The molecule has 0 radical (unpaired) electrons. The number of carbonyl (C=O) groups is 1. The molecule has 1 aliphatic rings. The van der Waals surface area contributed by atoms with Crippen molar-refractivity contribution in [3.05, 3.63) is 54.4 Å². The van der Waals surface area contributed by atoms with Gasteiger partial charge in [0.15, 0.2) is 0 Å². The number of anilines is 1. The first kappa shape index (κ1) is 17.9. The molecule has 6 nitrogen and oxygen atoms in total. The van der Waals surface area contributed by atoms with Gasteiger partial charge >= 0.3 is 0 Å². The second kappa shape index (κ2) is 8.99. The molecule has 0 bridgehead atoms. The molecule has 136 valence electrons. The van der Waals surface area contributed by atoms with Crippen LogP contribution in [-0.4, -0.2) is 41.6 Å². The van der Waals surface area contributed by atoms with E-state index < -0.39 is 0 Å². The van der Waals surface area contributed by atoms with Crippen LogP contribution in [0.2, 0.25) is 0 Å². The van der Waals surface area contributed by atoms with Crippen molar-refractivity contribution in [1.82, 2.24) is 15.3 Å². The van der Waals surface area contributed by atoms with E-state index in [4.69, 9.17) is 4.74 Å². The molecule has 1 fully saturated rings. The minimum absolute atomic E-state index is 0.0780. The summed E-state index contributed by atoms with van der Waals surface area (Å²) >= 11 is 0. The first-order valence-electron chi connectivity index (χ1n) is 8.98. The fourth-order valence-corrected chi connectivity index (χ4v) is 3.00. The maximum atomic E-state index is 12.2. The molecule has 2 aromatic rings. The van der Waals surface area contributed by atoms with E-state index in [0.717, 1.165) is 43.2 Å². The molecule has 6 heteroatoms. The third kappa shape index (κ3) is 4.81. The number of nitrogens with one attached hydrogen (secondary N) is 1. The van der Waals surface area contributed by atoms with Crippen molar-refractivity contribution in [3.8, 4) is 5.75 Å². The number of para-hydroxylation sites is 1. The molecule has 2 heterocycles. The van der Waals surface area contributed by atoms with Gasteiger partial charge in [-0.2, -0.15) is 0 Å². The Morgan fingerprint density at radius 1 is 1.23 bits per heavy atom. The highest BCUT2D eigenvalue weighted by molar-refractivity contribution is 5.92. The van der Waals surface area contributed by atoms with Crippen molar-refractivity contribution < 1.29 is 9.53 Å². The molecule has 1 amide bonds. The number of benzene rings is 1. The number of hydrogen-bond donors (Lipinski definition) is 1. The molecule has 1 saturated heterocycles. The number of amides is 1. The van der Waals surface area contributed by atoms with Crippen LogP contribution < -0.4 is 15.0 Å². The first-order chi connectivity index (χ1) is 12.8. The van der Waals surface area contributed by atoms with Gasteiger partial charge in [0.2, 0.25) is 11.9 Å². The van der Waals surface area contributed by atoms with Gasteiger partial charge in [0.1, 0.15) is 5.75 Å². The summed E-state index contributed by atoms with van der Waals surface area (Å²) in [5.74, 6) is 1.46. The van der Waals surface area contributed by atoms with Gasteiger partial charge in [0.25, 0.3) is 0 Å². The number of aromatic nitrogens is 2. The Morgan fingerprint density at radius 2 is 1.96 bits per heavy atom. The molecule has 1 aromatic carbocycles. The van der Waals surface area contributed by atoms with Crippen LogP contribution in [0.25, 0.3) is 6.08 Å². The topological polar surface area (TPSA) is 67.3 Å². The molecule has 0 atom stereocenters. The van der Waals surface area contributed by atoms with E-state index in [-0.39, 0.29) is 11.9 Å². The van der Waals surface area contributed by atoms with Crippen LogP contribution in [0.1, 0.15) is 25.3 Å². The number of carbonyl (C=O) groups excluding carboxylic acids is 1. The normalized spacial score (nSPS) is 15.2. The molecule has 3 rings (SSSR count). The summed E-state index contributed by atoms with van der Waals surface area (Å²) in [6.45, 7) is 4.22. The van der Waals surface area contributed by atoms with Crippen LogP contribution in [0, 0.1) is 0 Å². The van der Waals surface area contributed by atoms with Crippen molar-refractivity contribution in [2.75, 3.05) is 24.6 Å². The minimum Gasteiger partial charge on any atom is -0.493 e. The average molecular weight is 352 g/mol. The van der Waals surface area contributed by atoms with Gasteiger partial charge in [0.05, 0.1) is 6.61 Å². The van der Waals surface area contributed by atoms with E-state index in [1.165, 1.54) is 0 Å². The lowest BCUT2D eigenvalue weighted by Gasteiger charge is -2.32. The van der Waals surface area contributed by atoms with Crippen molar-refractivity contribution in [3.63, 3.8) is 0 Å². The van der Waals surface area contributed by atoms with Crippen LogP contribution in [0.5, 0.6) is 5.75 Å². The van der Waals surface area contributed by atoms with E-state index in [9.17, 15) is 4.79 Å². The summed E-state index contributed by atoms with van der Waals surface area (Å²) in [5, 5.41) is 3.08. The predicted molar refractivity (Wildman–Crippen MR) is 102 cm³/mol. The number of ether oxygens (including phenoxy) is 1. The summed E-state index contributed by atoms with van der Waals surface area (Å²) < 4.78 is 5.57. The zero-order valence-electron chi connectivity index (χ0n) is 15.0. The van der Waals surface area contributed by atoms with Gasteiger partial charge in [-0.25, -0.2) is 9.97 Å². The molecule has 1 aromatic heterocycles. The van der Waals surface area contributed by atoms with Gasteiger partial charge in [-0.3, -0.25) is 4.79 Å². The van der Waals surface area contributed by atoms with Crippen molar-refractivity contribution in [1.29, 1.82) is 0 Å². The Morgan fingerprint density at radius 3 is 2.69 bits per heavy atom. The van der Waals surface area contributed by atoms with Gasteiger partial charge in [-0.15, -0.1) is 0 Å². The van der Waals surface area contributed by atoms with E-state index in [2.05, 4.69) is 20.2 Å². The van der Waals surface area contributed by atoms with Crippen LogP contribution in [-0.2, 0) is 4.79 Å². The van der Waals surface area contributed by atoms with Crippen molar-refractivity contribution >= 4 is 17.9 Å². The second-order valence-corrected chi connectivity index (χ2v) is 6.12. The predicted octanol–water partition coefficient (Wildman–Crippen LogP) is 2.67. The largest absolute Gasteiger partial charge is 0.493 e. The van der Waals surface area contributed by atoms with Gasteiger partial charge in [-0.1, -0.05) is 18.2 Å². The van der Waals surface area contributed by atoms with Crippen LogP contribution in [0.4, 0.5) is 5.95 Å². The van der Waals surface area contributed by atoms with E-state index in [1.54, 1.807) is 24.5 Å². The number of hydrogen-bond acceptors (Lipinski definition) is 5. The maximum Gasteiger partial charge on any atom is 0.244 e. The minimum atomic E-state index is -0.0780. The summed E-state index contributed by atoms with van der Waals surface area (Å²) in [7, 11) is 0. The lowest BCUT2D eigenvalue weighted by Crippen LogP contribution is -2.44. The molecule has 0 aliphatic carbocycles. The molecule has 1 aliphatic heterocycles. The molecule has 0 saturated carbocycles. The summed E-state index contributed by atoms with van der Waals surface area (Å²) in [4.78, 5) is 22.9. The Labute approximate surface area is 153 Å². The Bertz CT molecular complexity index is 740. The molecule has 1 N–H and O–H groups in total. The highest BCUT2D eigenvalue weighted by Gasteiger charge is 2.21. The van der Waals surface area contributed by atoms with E-state index in [1.807, 2.05) is 37.3 Å². The third-order valence-electron chi connectivity index (χ3n) is 4.31. The summed E-state index contributed by atoms with van der Waals surface area (Å²) in [5.41, 5.74) is 0.903.